The Morgan fingerprint density at radius 3 is 2.40 bits per heavy atom. The molecule has 0 saturated carbocycles. The molecular weight excluding hydrogens is 237 g/mol. The van der Waals surface area contributed by atoms with Gasteiger partial charge in [0.1, 0.15) is 0 Å². The van der Waals surface area contributed by atoms with E-state index in [0.717, 1.165) is 10.9 Å². The van der Waals surface area contributed by atoms with E-state index in [1.807, 2.05) is 9.88 Å². The summed E-state index contributed by atoms with van der Waals surface area (Å²) in [6, 6.07) is 0. The number of amides is 1. The van der Waals surface area contributed by atoms with Crippen molar-refractivity contribution in [3.8, 4) is 0 Å². The van der Waals surface area contributed by atoms with Crippen molar-refractivity contribution < 1.29 is 10.0 Å². The second-order valence-corrected chi connectivity index (χ2v) is 16.6. The first-order chi connectivity index (χ1) is 4.54. The average molecular weight is 252 g/mol. The van der Waals surface area contributed by atoms with Crippen molar-refractivity contribution in [2.45, 2.75) is 27.7 Å². The van der Waals surface area contributed by atoms with Crippen LogP contribution in [-0.4, -0.2) is 27.5 Å². The van der Waals surface area contributed by atoms with Gasteiger partial charge in [0.15, 0.2) is 0 Å². The molecule has 2 N–H and O–H groups in total. The summed E-state index contributed by atoms with van der Waals surface area (Å²) < 4.78 is 0.900. The fourth-order valence-corrected chi connectivity index (χ4v) is 5.97. The van der Waals surface area contributed by atoms with Crippen LogP contribution < -0.4 is 5.48 Å². The molecule has 0 fully saturated rings. The topological polar surface area (TPSA) is 49.3 Å². The van der Waals surface area contributed by atoms with Crippen LogP contribution in [0.15, 0.2) is 0 Å². The zero-order valence-electron chi connectivity index (χ0n) is 6.77. The maximum atomic E-state index is 11.0. The molecule has 10 heavy (non-hydrogen) atoms. The number of nitrogens with one attached hydrogen (secondary N) is 1. The van der Waals surface area contributed by atoms with Gasteiger partial charge in [-0.05, 0) is 0 Å². The predicted octanol–water partition coefficient (Wildman–Crippen LogP) is 1.79. The van der Waals surface area contributed by atoms with Crippen LogP contribution in [0.4, 0.5) is 4.79 Å². The molecule has 60 valence electrons. The molecule has 0 aromatic rings. The molecule has 1 amide bonds. The molecule has 0 aromatic carbocycles. The Balaban J connectivity index is 3.96. The Hall–Kier alpha value is 0.229. The summed E-state index contributed by atoms with van der Waals surface area (Å²) in [5.74, 6) is 0. The Morgan fingerprint density at radius 2 is 2.10 bits per heavy atom. The third-order valence-corrected chi connectivity index (χ3v) is 10.4. The van der Waals surface area contributed by atoms with Crippen LogP contribution in [0.3, 0.4) is 0 Å². The molecule has 0 aliphatic heterocycles. The second kappa shape index (κ2) is 4.18. The summed E-state index contributed by atoms with van der Waals surface area (Å²) in [7, 11) is 0. The van der Waals surface area contributed by atoms with Crippen molar-refractivity contribution in [2.24, 2.45) is 0 Å². The van der Waals surface area contributed by atoms with Gasteiger partial charge < -0.3 is 0 Å². The first-order valence-electron chi connectivity index (χ1n) is 3.49. The summed E-state index contributed by atoms with van der Waals surface area (Å²) in [5.41, 5.74) is 1.74. The SMILES string of the molecule is CC[CH2][Sn]([CH3])([CH3])[C](=O)NO. The first kappa shape index (κ1) is 10.2. The van der Waals surface area contributed by atoms with Crippen LogP contribution in [0.5, 0.6) is 0 Å². The maximum absolute atomic E-state index is 11.0. The van der Waals surface area contributed by atoms with Crippen LogP contribution >= 0.6 is 0 Å². The van der Waals surface area contributed by atoms with E-state index < -0.39 is 18.4 Å². The van der Waals surface area contributed by atoms with Gasteiger partial charge in [0.2, 0.25) is 0 Å². The molecule has 0 heterocycles. The van der Waals surface area contributed by atoms with Gasteiger partial charge in [-0.25, -0.2) is 0 Å². The predicted molar refractivity (Wildman–Crippen MR) is 42.9 cm³/mol. The minimum absolute atomic E-state index is 0.101. The number of rotatable bonds is 3. The molecule has 3 nitrogen and oxygen atoms in total. The summed E-state index contributed by atoms with van der Waals surface area (Å²) in [6.07, 6.45) is 1.04. The van der Waals surface area contributed by atoms with Gasteiger partial charge in [-0.1, -0.05) is 0 Å². The second-order valence-electron chi connectivity index (χ2n) is 3.07. The third kappa shape index (κ3) is 2.88. The van der Waals surface area contributed by atoms with Gasteiger partial charge in [-0.3, -0.25) is 0 Å². The van der Waals surface area contributed by atoms with E-state index in [9.17, 15) is 4.79 Å². The van der Waals surface area contributed by atoms with Crippen LogP contribution in [0.2, 0.25) is 14.3 Å². The molecular formula is C6H15NO2Sn. The van der Waals surface area contributed by atoms with Crippen molar-refractivity contribution in [3.63, 3.8) is 0 Å². The summed E-state index contributed by atoms with van der Waals surface area (Å²) >= 11 is -2.51. The fourth-order valence-electron chi connectivity index (χ4n) is 0.890. The van der Waals surface area contributed by atoms with E-state index >= 15 is 0 Å². The minimum atomic E-state index is -2.51. The van der Waals surface area contributed by atoms with E-state index in [2.05, 4.69) is 6.92 Å². The van der Waals surface area contributed by atoms with Crippen molar-refractivity contribution in [2.75, 3.05) is 0 Å². The number of carbonyl (C=O) groups excluding carboxylic acids is 1. The molecule has 0 bridgehead atoms. The molecule has 0 spiro atoms. The number of hydrogen-bond acceptors (Lipinski definition) is 2. The van der Waals surface area contributed by atoms with Gasteiger partial charge in [0.05, 0.1) is 0 Å². The number of hydroxylamine groups is 1. The van der Waals surface area contributed by atoms with Gasteiger partial charge in [0, 0.05) is 0 Å². The zero-order chi connectivity index (χ0) is 8.20. The fraction of sp³-hybridized carbons (Fsp3) is 0.833. The average Bonchev–Trinajstić information content (AvgIpc) is 1.86. The van der Waals surface area contributed by atoms with E-state index in [0.29, 0.717) is 0 Å². The zero-order valence-corrected chi connectivity index (χ0v) is 9.62. The molecule has 0 radical (unpaired) electrons. The van der Waals surface area contributed by atoms with Gasteiger partial charge in [0.25, 0.3) is 0 Å². The normalized spacial score (nSPS) is 11.2. The summed E-state index contributed by atoms with van der Waals surface area (Å²) in [6.45, 7) is 2.06. The number of carbonyl (C=O) groups is 1. The van der Waals surface area contributed by atoms with E-state index in [4.69, 9.17) is 5.21 Å². The van der Waals surface area contributed by atoms with Crippen molar-refractivity contribution in [3.05, 3.63) is 0 Å². The Labute approximate surface area is 65.6 Å². The number of hydrogen-bond donors (Lipinski definition) is 2. The van der Waals surface area contributed by atoms with Crippen molar-refractivity contribution >= 4 is 22.3 Å². The van der Waals surface area contributed by atoms with Crippen LogP contribution in [-0.2, 0) is 0 Å². The summed E-state index contributed by atoms with van der Waals surface area (Å²) in [5, 5.41) is 8.35. The molecule has 0 saturated heterocycles. The molecule has 4 heteroatoms. The summed E-state index contributed by atoms with van der Waals surface area (Å²) in [4.78, 5) is 15.0. The van der Waals surface area contributed by atoms with E-state index in [1.54, 1.807) is 5.48 Å². The molecule has 0 atom stereocenters. The first-order valence-corrected chi connectivity index (χ1v) is 12.6. The Morgan fingerprint density at radius 1 is 1.60 bits per heavy atom. The molecule has 0 rings (SSSR count). The van der Waals surface area contributed by atoms with E-state index in [1.165, 1.54) is 0 Å². The van der Waals surface area contributed by atoms with Crippen LogP contribution in [0, 0.1) is 0 Å². The van der Waals surface area contributed by atoms with Crippen molar-refractivity contribution in [1.29, 1.82) is 0 Å². The van der Waals surface area contributed by atoms with Crippen LogP contribution in [0.25, 0.3) is 0 Å². The molecule has 0 unspecified atom stereocenters. The Kier molecular flexibility index (Phi) is 4.27. The standard InChI is InChI=1S/C3H7.CH2NO2.2CH3.Sn/c1-3-2;3-1-2-4;;;/h1,3H2,2H3;4H,(H,2,3);2*1H3;. The van der Waals surface area contributed by atoms with E-state index in [-0.39, 0.29) is 3.92 Å². The van der Waals surface area contributed by atoms with Gasteiger partial charge in [-0.2, -0.15) is 0 Å². The monoisotopic (exact) mass is 253 g/mol. The van der Waals surface area contributed by atoms with Crippen molar-refractivity contribution in [1.82, 2.24) is 5.48 Å². The molecule has 0 aliphatic carbocycles. The third-order valence-electron chi connectivity index (χ3n) is 1.59. The molecule has 0 aromatic heterocycles. The van der Waals surface area contributed by atoms with Gasteiger partial charge in [-0.15, -0.1) is 0 Å². The van der Waals surface area contributed by atoms with Gasteiger partial charge >= 0.3 is 65.4 Å². The quantitative estimate of drug-likeness (QED) is 0.457. The van der Waals surface area contributed by atoms with Crippen LogP contribution in [0.1, 0.15) is 13.3 Å². The Bertz CT molecular complexity index is 125. The molecule has 0 aliphatic rings.